The van der Waals surface area contributed by atoms with Crippen LogP contribution in [0, 0.1) is 0 Å². The molecule has 1 saturated heterocycles. The van der Waals surface area contributed by atoms with Gasteiger partial charge in [0.25, 0.3) is 0 Å². The van der Waals surface area contributed by atoms with E-state index in [0.29, 0.717) is 17.4 Å². The SMILES string of the molecule is CCOc1c(CNCCN2CCNCC2)cc(Cl)cc1OC. The monoisotopic (exact) mass is 327 g/mol. The highest BCUT2D eigenvalue weighted by atomic mass is 35.5. The minimum Gasteiger partial charge on any atom is -0.493 e. The third-order valence-electron chi connectivity index (χ3n) is 3.74. The Kier molecular flexibility index (Phi) is 7.25. The van der Waals surface area contributed by atoms with Gasteiger partial charge in [0.05, 0.1) is 13.7 Å². The number of benzene rings is 1. The largest absolute Gasteiger partial charge is 0.493 e. The smallest absolute Gasteiger partial charge is 0.165 e. The summed E-state index contributed by atoms with van der Waals surface area (Å²) in [6.45, 7) is 9.71. The molecular weight excluding hydrogens is 302 g/mol. The molecule has 2 N–H and O–H groups in total. The average Bonchev–Trinajstić information content (AvgIpc) is 2.54. The van der Waals surface area contributed by atoms with E-state index >= 15 is 0 Å². The standard InChI is InChI=1S/C16H26ClN3O2/c1-3-22-16-13(10-14(17)11-15(16)21-2)12-19-6-9-20-7-4-18-5-8-20/h10-11,18-19H,3-9,12H2,1-2H3. The third kappa shape index (κ3) is 5.02. The van der Waals surface area contributed by atoms with Gasteiger partial charge in [0, 0.05) is 62.5 Å². The molecule has 0 aliphatic carbocycles. The van der Waals surface area contributed by atoms with Gasteiger partial charge in [0.2, 0.25) is 0 Å². The third-order valence-corrected chi connectivity index (χ3v) is 3.95. The Morgan fingerprint density at radius 2 is 2.09 bits per heavy atom. The molecule has 0 amide bonds. The molecule has 1 fully saturated rings. The van der Waals surface area contributed by atoms with Crippen LogP contribution >= 0.6 is 11.6 Å². The van der Waals surface area contributed by atoms with Crippen molar-refractivity contribution in [2.24, 2.45) is 0 Å². The van der Waals surface area contributed by atoms with E-state index in [4.69, 9.17) is 21.1 Å². The minimum absolute atomic E-state index is 0.603. The molecule has 5 nitrogen and oxygen atoms in total. The molecule has 1 aromatic rings. The van der Waals surface area contributed by atoms with Crippen LogP contribution in [0.5, 0.6) is 11.5 Å². The summed E-state index contributed by atoms with van der Waals surface area (Å²) in [5.74, 6) is 1.47. The van der Waals surface area contributed by atoms with E-state index in [1.165, 1.54) is 0 Å². The molecule has 0 bridgehead atoms. The van der Waals surface area contributed by atoms with Crippen LogP contribution in [0.15, 0.2) is 12.1 Å². The predicted molar refractivity (Wildman–Crippen MR) is 90.2 cm³/mol. The second kappa shape index (κ2) is 9.20. The molecule has 0 spiro atoms. The Hall–Kier alpha value is -1.01. The second-order valence-electron chi connectivity index (χ2n) is 5.30. The fourth-order valence-corrected chi connectivity index (χ4v) is 2.84. The van der Waals surface area contributed by atoms with Gasteiger partial charge < -0.3 is 20.1 Å². The quantitative estimate of drug-likeness (QED) is 0.712. The van der Waals surface area contributed by atoms with Gasteiger partial charge in [-0.25, -0.2) is 0 Å². The van der Waals surface area contributed by atoms with Gasteiger partial charge in [0.15, 0.2) is 11.5 Å². The van der Waals surface area contributed by atoms with Crippen molar-refractivity contribution in [2.45, 2.75) is 13.5 Å². The van der Waals surface area contributed by atoms with Crippen LogP contribution in [0.25, 0.3) is 0 Å². The van der Waals surface area contributed by atoms with E-state index in [9.17, 15) is 0 Å². The lowest BCUT2D eigenvalue weighted by atomic mass is 10.2. The van der Waals surface area contributed by atoms with Crippen molar-refractivity contribution in [3.8, 4) is 11.5 Å². The first-order chi connectivity index (χ1) is 10.7. The number of nitrogens with one attached hydrogen (secondary N) is 2. The zero-order valence-corrected chi connectivity index (χ0v) is 14.2. The molecule has 0 atom stereocenters. The van der Waals surface area contributed by atoms with Crippen molar-refractivity contribution in [3.05, 3.63) is 22.7 Å². The van der Waals surface area contributed by atoms with Crippen molar-refractivity contribution < 1.29 is 9.47 Å². The Balaban J connectivity index is 1.89. The molecule has 0 aromatic heterocycles. The first kappa shape index (κ1) is 17.3. The van der Waals surface area contributed by atoms with Gasteiger partial charge in [-0.2, -0.15) is 0 Å². The maximum absolute atomic E-state index is 6.16. The van der Waals surface area contributed by atoms with Crippen LogP contribution in [0.2, 0.25) is 5.02 Å². The molecule has 1 aliphatic heterocycles. The molecule has 0 saturated carbocycles. The summed E-state index contributed by atoms with van der Waals surface area (Å²) in [4.78, 5) is 2.46. The molecule has 1 aliphatic rings. The maximum Gasteiger partial charge on any atom is 0.165 e. The highest BCUT2D eigenvalue weighted by molar-refractivity contribution is 6.30. The summed E-state index contributed by atoms with van der Waals surface area (Å²) < 4.78 is 11.1. The summed E-state index contributed by atoms with van der Waals surface area (Å²) in [5, 5.41) is 7.50. The Morgan fingerprint density at radius 3 is 2.77 bits per heavy atom. The molecule has 0 unspecified atom stereocenters. The van der Waals surface area contributed by atoms with Crippen LogP contribution in [0.3, 0.4) is 0 Å². The molecule has 22 heavy (non-hydrogen) atoms. The summed E-state index contributed by atoms with van der Waals surface area (Å²) in [6.07, 6.45) is 0. The van der Waals surface area contributed by atoms with Gasteiger partial charge in [-0.1, -0.05) is 11.6 Å². The van der Waals surface area contributed by atoms with Gasteiger partial charge in [-0.05, 0) is 13.0 Å². The first-order valence-corrected chi connectivity index (χ1v) is 8.25. The molecule has 1 aromatic carbocycles. The number of methoxy groups -OCH3 is 1. The van der Waals surface area contributed by atoms with Crippen LogP contribution < -0.4 is 20.1 Å². The highest BCUT2D eigenvalue weighted by Gasteiger charge is 2.13. The molecule has 124 valence electrons. The van der Waals surface area contributed by atoms with Crippen LogP contribution in [0.1, 0.15) is 12.5 Å². The lowest BCUT2D eigenvalue weighted by Gasteiger charge is -2.27. The summed E-state index contributed by atoms with van der Waals surface area (Å²) in [6, 6.07) is 3.73. The minimum atomic E-state index is 0.603. The number of hydrogen-bond acceptors (Lipinski definition) is 5. The number of nitrogens with zero attached hydrogens (tertiary/aromatic N) is 1. The molecular formula is C16H26ClN3O2. The van der Waals surface area contributed by atoms with Crippen LogP contribution in [-0.4, -0.2) is 57.9 Å². The van der Waals surface area contributed by atoms with Gasteiger partial charge in [-0.15, -0.1) is 0 Å². The lowest BCUT2D eigenvalue weighted by Crippen LogP contribution is -2.45. The Bertz CT molecular complexity index is 465. The number of hydrogen-bond donors (Lipinski definition) is 2. The van der Waals surface area contributed by atoms with Crippen molar-refractivity contribution in [2.75, 3.05) is 53.0 Å². The fraction of sp³-hybridized carbons (Fsp3) is 0.625. The normalized spacial score (nSPS) is 15.8. The lowest BCUT2D eigenvalue weighted by molar-refractivity contribution is 0.240. The zero-order chi connectivity index (χ0) is 15.8. The van der Waals surface area contributed by atoms with Gasteiger partial charge in [-0.3, -0.25) is 4.90 Å². The maximum atomic E-state index is 6.16. The molecule has 6 heteroatoms. The van der Waals surface area contributed by atoms with Crippen molar-refractivity contribution in [1.29, 1.82) is 0 Å². The fourth-order valence-electron chi connectivity index (χ4n) is 2.61. The predicted octanol–water partition coefficient (Wildman–Crippen LogP) is 1.74. The topological polar surface area (TPSA) is 45.8 Å². The van der Waals surface area contributed by atoms with E-state index in [1.807, 2.05) is 13.0 Å². The van der Waals surface area contributed by atoms with Gasteiger partial charge >= 0.3 is 0 Å². The van der Waals surface area contributed by atoms with E-state index in [2.05, 4.69) is 15.5 Å². The van der Waals surface area contributed by atoms with E-state index in [0.717, 1.165) is 57.1 Å². The van der Waals surface area contributed by atoms with E-state index < -0.39 is 0 Å². The van der Waals surface area contributed by atoms with E-state index in [1.54, 1.807) is 13.2 Å². The number of ether oxygens (including phenoxy) is 2. The zero-order valence-electron chi connectivity index (χ0n) is 13.5. The number of rotatable bonds is 8. The number of halogens is 1. The van der Waals surface area contributed by atoms with Crippen molar-refractivity contribution >= 4 is 11.6 Å². The first-order valence-electron chi connectivity index (χ1n) is 7.87. The average molecular weight is 328 g/mol. The Morgan fingerprint density at radius 1 is 1.32 bits per heavy atom. The summed E-state index contributed by atoms with van der Waals surface area (Å²) in [5.41, 5.74) is 1.03. The highest BCUT2D eigenvalue weighted by Crippen LogP contribution is 2.34. The van der Waals surface area contributed by atoms with Crippen molar-refractivity contribution in [3.63, 3.8) is 0 Å². The van der Waals surface area contributed by atoms with E-state index in [-0.39, 0.29) is 0 Å². The van der Waals surface area contributed by atoms with Crippen LogP contribution in [-0.2, 0) is 6.54 Å². The Labute approximate surface area is 137 Å². The summed E-state index contributed by atoms with van der Waals surface area (Å²) in [7, 11) is 1.63. The number of piperazine rings is 1. The van der Waals surface area contributed by atoms with Gasteiger partial charge in [0.1, 0.15) is 0 Å². The second-order valence-corrected chi connectivity index (χ2v) is 5.73. The van der Waals surface area contributed by atoms with Crippen LogP contribution in [0.4, 0.5) is 0 Å². The molecule has 1 heterocycles. The van der Waals surface area contributed by atoms with Crippen molar-refractivity contribution in [1.82, 2.24) is 15.5 Å². The summed E-state index contributed by atoms with van der Waals surface area (Å²) >= 11 is 6.16. The molecule has 2 rings (SSSR count). The molecule has 0 radical (unpaired) electrons.